The lowest BCUT2D eigenvalue weighted by atomic mass is 10.2. The highest BCUT2D eigenvalue weighted by Gasteiger charge is 2.10. The Morgan fingerprint density at radius 2 is 0.796 bits per heavy atom. The maximum Gasteiger partial charge on any atom is 0.306 e. The monoisotopic (exact) mass is 755 g/mol. The summed E-state index contributed by atoms with van der Waals surface area (Å²) in [7, 11) is 8.20. The molecule has 2 atom stereocenters. The first-order valence-electron chi connectivity index (χ1n) is 19.6. The molecular formula is C44H70N2O8. The minimum Gasteiger partial charge on any atom is -0.461 e. The summed E-state index contributed by atoms with van der Waals surface area (Å²) in [5, 5.41) is 0. The SMILES string of the molecule is CN(C)CCC1COCC=CCC=CCCC(=O)OCC=CCC=CCOCC(CCN(C)C)OCC=CCC=CCOC(=O)CCC=CCC=CCO1. The summed E-state index contributed by atoms with van der Waals surface area (Å²) in [6.07, 6.45) is 38.9. The number of hydrogen-bond acceptors (Lipinski definition) is 10. The van der Waals surface area contributed by atoms with Crippen LogP contribution in [0.5, 0.6) is 0 Å². The van der Waals surface area contributed by atoms with Gasteiger partial charge in [-0.3, -0.25) is 9.59 Å². The van der Waals surface area contributed by atoms with Crippen LogP contribution in [-0.2, 0) is 38.0 Å². The molecule has 0 N–H and O–H groups in total. The van der Waals surface area contributed by atoms with Crippen LogP contribution in [0.1, 0.15) is 64.2 Å². The molecule has 0 saturated carbocycles. The van der Waals surface area contributed by atoms with E-state index in [-0.39, 0.29) is 37.4 Å². The standard InChI is InChI=1S/C44H70N2O8/c1-45(2)31-29-41-39-49-33-21-13-7-5-11-19-27-43(47)53-37-25-17-9-14-22-34-50-40-42(30-32-46(3)4)52-36-24-16-10-18-26-38-54-44(48)28-20-12-6-8-15-23-35-51-41/h5-6,11-18,21-26,41-42H,7-10,19-20,27-40H2,1-4H3. The molecule has 10 heteroatoms. The van der Waals surface area contributed by atoms with Crippen molar-refractivity contribution < 1.29 is 38.0 Å². The molecule has 0 aromatic heterocycles. The predicted molar refractivity (Wildman–Crippen MR) is 219 cm³/mol. The minimum atomic E-state index is -0.201. The molecule has 0 saturated heterocycles. The van der Waals surface area contributed by atoms with Crippen molar-refractivity contribution in [3.8, 4) is 0 Å². The van der Waals surface area contributed by atoms with Crippen LogP contribution in [0.2, 0.25) is 0 Å². The van der Waals surface area contributed by atoms with E-state index in [1.807, 2.05) is 93.1 Å². The Labute approximate surface area is 326 Å². The van der Waals surface area contributed by atoms with Crippen molar-refractivity contribution in [1.82, 2.24) is 9.80 Å². The van der Waals surface area contributed by atoms with E-state index in [2.05, 4.69) is 42.1 Å². The number of hydrogen-bond donors (Lipinski definition) is 0. The topological polar surface area (TPSA) is 96.0 Å². The van der Waals surface area contributed by atoms with Gasteiger partial charge in [-0.05, 0) is 79.6 Å². The van der Waals surface area contributed by atoms with Gasteiger partial charge in [-0.2, -0.15) is 0 Å². The number of cyclic esters (lactones) is 2. The van der Waals surface area contributed by atoms with Gasteiger partial charge in [-0.1, -0.05) is 97.2 Å². The third-order valence-corrected chi connectivity index (χ3v) is 7.82. The van der Waals surface area contributed by atoms with Crippen LogP contribution in [0, 0.1) is 0 Å². The van der Waals surface area contributed by atoms with Gasteiger partial charge in [0.2, 0.25) is 0 Å². The molecular weight excluding hydrogens is 684 g/mol. The minimum absolute atomic E-state index is 0.00124. The van der Waals surface area contributed by atoms with Gasteiger partial charge in [-0.25, -0.2) is 0 Å². The van der Waals surface area contributed by atoms with E-state index in [0.717, 1.165) is 51.6 Å². The molecule has 10 nitrogen and oxygen atoms in total. The molecule has 1 heterocycles. The largest absolute Gasteiger partial charge is 0.461 e. The summed E-state index contributed by atoms with van der Waals surface area (Å²) in [4.78, 5) is 28.4. The van der Waals surface area contributed by atoms with Crippen molar-refractivity contribution in [3.63, 3.8) is 0 Å². The Morgan fingerprint density at radius 3 is 1.17 bits per heavy atom. The number of nitrogens with zero attached hydrogens (tertiary/aromatic N) is 2. The Morgan fingerprint density at radius 1 is 0.463 bits per heavy atom. The van der Waals surface area contributed by atoms with E-state index in [1.165, 1.54) is 0 Å². The van der Waals surface area contributed by atoms with Crippen LogP contribution >= 0.6 is 0 Å². The van der Waals surface area contributed by atoms with Crippen LogP contribution in [-0.4, -0.2) is 128 Å². The molecule has 1 aliphatic heterocycles. The molecule has 0 aromatic rings. The third-order valence-electron chi connectivity index (χ3n) is 7.82. The van der Waals surface area contributed by atoms with Crippen molar-refractivity contribution >= 4 is 11.9 Å². The summed E-state index contributed by atoms with van der Waals surface area (Å²) < 4.78 is 34.5. The molecule has 304 valence electrons. The maximum absolute atomic E-state index is 12.1. The van der Waals surface area contributed by atoms with Crippen LogP contribution in [0.15, 0.2) is 97.2 Å². The molecule has 2 unspecified atom stereocenters. The van der Waals surface area contributed by atoms with Crippen LogP contribution in [0.4, 0.5) is 0 Å². The summed E-state index contributed by atoms with van der Waals surface area (Å²) in [5.74, 6) is -0.401. The number of esters is 2. The fourth-order valence-corrected chi connectivity index (χ4v) is 4.71. The van der Waals surface area contributed by atoms with Crippen molar-refractivity contribution in [3.05, 3.63) is 97.2 Å². The number of carbonyl (C=O) groups is 2. The van der Waals surface area contributed by atoms with Gasteiger partial charge in [0.25, 0.3) is 0 Å². The number of rotatable bonds is 6. The molecule has 0 fully saturated rings. The number of ether oxygens (including phenoxy) is 6. The molecule has 0 aromatic carbocycles. The zero-order chi connectivity index (χ0) is 39.2. The van der Waals surface area contributed by atoms with Gasteiger partial charge in [0.15, 0.2) is 0 Å². The lowest BCUT2D eigenvalue weighted by Gasteiger charge is -2.19. The molecule has 54 heavy (non-hydrogen) atoms. The Hall–Kier alpha value is -3.38. The highest BCUT2D eigenvalue weighted by Crippen LogP contribution is 2.05. The third kappa shape index (κ3) is 34.4. The maximum atomic E-state index is 12.1. The molecule has 0 bridgehead atoms. The van der Waals surface area contributed by atoms with E-state index < -0.39 is 0 Å². The molecule has 0 aliphatic carbocycles. The van der Waals surface area contributed by atoms with Gasteiger partial charge >= 0.3 is 11.9 Å². The van der Waals surface area contributed by atoms with Gasteiger partial charge < -0.3 is 38.2 Å². The number of allylic oxidation sites excluding steroid dienone is 10. The quantitative estimate of drug-likeness (QED) is 0.202. The lowest BCUT2D eigenvalue weighted by Crippen LogP contribution is -2.26. The Bertz CT molecular complexity index is 1080. The van der Waals surface area contributed by atoms with E-state index in [1.54, 1.807) is 0 Å². The number of carbonyl (C=O) groups excluding carboxylic acids is 2. The molecule has 0 spiro atoms. The van der Waals surface area contributed by atoms with E-state index in [9.17, 15) is 9.59 Å². The van der Waals surface area contributed by atoms with E-state index in [0.29, 0.717) is 65.3 Å². The van der Waals surface area contributed by atoms with Crippen LogP contribution in [0.3, 0.4) is 0 Å². The first kappa shape index (κ1) is 48.6. The van der Waals surface area contributed by atoms with Crippen molar-refractivity contribution in [2.24, 2.45) is 0 Å². The van der Waals surface area contributed by atoms with E-state index in [4.69, 9.17) is 28.4 Å². The molecule has 0 amide bonds. The second-order valence-corrected chi connectivity index (χ2v) is 13.3. The van der Waals surface area contributed by atoms with Crippen molar-refractivity contribution in [1.29, 1.82) is 0 Å². The first-order chi connectivity index (χ1) is 26.4. The van der Waals surface area contributed by atoms with Crippen molar-refractivity contribution in [2.75, 3.05) is 94.1 Å². The summed E-state index contributed by atoms with van der Waals surface area (Å²) >= 11 is 0. The highest BCUT2D eigenvalue weighted by atomic mass is 16.5. The van der Waals surface area contributed by atoms with Crippen molar-refractivity contribution in [2.45, 2.75) is 76.4 Å². The predicted octanol–water partition coefficient (Wildman–Crippen LogP) is 7.36. The summed E-state index contributed by atoms with van der Waals surface area (Å²) in [5.41, 5.74) is 0. The zero-order valence-electron chi connectivity index (χ0n) is 33.7. The lowest BCUT2D eigenvalue weighted by molar-refractivity contribution is -0.143. The normalized spacial score (nSPS) is 21.7. The molecule has 1 aliphatic rings. The fraction of sp³-hybridized carbons (Fsp3) is 0.591. The van der Waals surface area contributed by atoms with Gasteiger partial charge in [0, 0.05) is 25.9 Å². The Balaban J connectivity index is 2.61. The molecule has 1 rings (SSSR count). The first-order valence-corrected chi connectivity index (χ1v) is 19.6. The average molecular weight is 755 g/mol. The van der Waals surface area contributed by atoms with Gasteiger partial charge in [0.1, 0.15) is 13.2 Å². The average Bonchev–Trinajstić information content (AvgIpc) is 3.14. The fourth-order valence-electron chi connectivity index (χ4n) is 4.71. The van der Waals surface area contributed by atoms with E-state index >= 15 is 0 Å². The molecule has 0 radical (unpaired) electrons. The van der Waals surface area contributed by atoms with Crippen LogP contribution < -0.4 is 0 Å². The Kier molecular flexibility index (Phi) is 33.0. The second-order valence-electron chi connectivity index (χ2n) is 13.3. The van der Waals surface area contributed by atoms with Gasteiger partial charge in [-0.15, -0.1) is 0 Å². The highest BCUT2D eigenvalue weighted by molar-refractivity contribution is 5.69. The summed E-state index contributed by atoms with van der Waals surface area (Å²) in [6, 6.07) is 0. The van der Waals surface area contributed by atoms with Crippen LogP contribution in [0.25, 0.3) is 0 Å². The second kappa shape index (κ2) is 36.6. The smallest absolute Gasteiger partial charge is 0.306 e. The zero-order valence-corrected chi connectivity index (χ0v) is 33.7. The van der Waals surface area contributed by atoms with Gasteiger partial charge in [0.05, 0.1) is 51.8 Å². The summed E-state index contributed by atoms with van der Waals surface area (Å²) in [6.45, 7) is 5.49.